The van der Waals surface area contributed by atoms with E-state index >= 15 is 0 Å². The summed E-state index contributed by atoms with van der Waals surface area (Å²) in [7, 11) is 0. The molecule has 1 saturated carbocycles. The van der Waals surface area contributed by atoms with Crippen LogP contribution >= 0.6 is 0 Å². The van der Waals surface area contributed by atoms with Crippen molar-refractivity contribution in [3.8, 4) is 0 Å². The van der Waals surface area contributed by atoms with Gasteiger partial charge in [0, 0.05) is 24.1 Å². The Morgan fingerprint density at radius 1 is 1.56 bits per heavy atom. The molecule has 0 bridgehead atoms. The molecule has 1 aromatic carbocycles. The second-order valence-electron chi connectivity index (χ2n) is 4.28. The number of amides is 1. The molecule has 1 aliphatic rings. The predicted octanol–water partition coefficient (Wildman–Crippen LogP) is 1.24. The van der Waals surface area contributed by atoms with Gasteiger partial charge in [0.1, 0.15) is 5.82 Å². The van der Waals surface area contributed by atoms with E-state index in [1.807, 2.05) is 0 Å². The molecule has 0 spiro atoms. The average Bonchev–Trinajstić information content (AvgIpc) is 2.95. The summed E-state index contributed by atoms with van der Waals surface area (Å²) in [6.07, 6.45) is 0.802. The molecule has 16 heavy (non-hydrogen) atoms. The van der Waals surface area contributed by atoms with Crippen molar-refractivity contribution < 1.29 is 14.3 Å². The van der Waals surface area contributed by atoms with Crippen molar-refractivity contribution in [1.29, 1.82) is 0 Å². The van der Waals surface area contributed by atoms with Crippen molar-refractivity contribution >= 4 is 5.91 Å². The number of carbonyl (C=O) groups excluding carboxylic acids is 1. The zero-order valence-electron chi connectivity index (χ0n) is 9.03. The Labute approximate surface area is 93.3 Å². The summed E-state index contributed by atoms with van der Waals surface area (Å²) < 4.78 is 13.1. The maximum atomic E-state index is 13.1. The molecule has 2 N–H and O–H groups in total. The number of hydrogen-bond acceptors (Lipinski definition) is 2. The number of aryl methyl sites for hydroxylation is 1. The fourth-order valence-corrected chi connectivity index (χ4v) is 1.75. The number of carbonyl (C=O) groups is 1. The van der Waals surface area contributed by atoms with Crippen LogP contribution < -0.4 is 5.32 Å². The second kappa shape index (κ2) is 4.22. The quantitative estimate of drug-likeness (QED) is 0.810. The molecule has 2 rings (SSSR count). The zero-order chi connectivity index (χ0) is 11.7. The van der Waals surface area contributed by atoms with E-state index in [4.69, 9.17) is 5.11 Å². The van der Waals surface area contributed by atoms with Gasteiger partial charge in [0.25, 0.3) is 5.91 Å². The highest BCUT2D eigenvalue weighted by Crippen LogP contribution is 2.29. The molecule has 0 saturated heterocycles. The van der Waals surface area contributed by atoms with Gasteiger partial charge in [-0.1, -0.05) is 0 Å². The number of nitrogens with one attached hydrogen (secondary N) is 1. The summed E-state index contributed by atoms with van der Waals surface area (Å²) in [6, 6.07) is 4.29. The zero-order valence-corrected chi connectivity index (χ0v) is 9.03. The minimum Gasteiger partial charge on any atom is -0.396 e. The first kappa shape index (κ1) is 11.1. The topological polar surface area (TPSA) is 49.3 Å². The van der Waals surface area contributed by atoms with Gasteiger partial charge in [-0.25, -0.2) is 4.39 Å². The Morgan fingerprint density at radius 2 is 2.31 bits per heavy atom. The van der Waals surface area contributed by atoms with Crippen LogP contribution in [0, 0.1) is 18.7 Å². The van der Waals surface area contributed by atoms with Crippen LogP contribution in [0.4, 0.5) is 4.39 Å². The second-order valence-corrected chi connectivity index (χ2v) is 4.28. The number of aliphatic hydroxyl groups is 1. The van der Waals surface area contributed by atoms with Gasteiger partial charge in [-0.3, -0.25) is 4.79 Å². The van der Waals surface area contributed by atoms with E-state index in [1.54, 1.807) is 13.0 Å². The van der Waals surface area contributed by atoms with E-state index in [1.165, 1.54) is 12.1 Å². The standard InChI is InChI=1S/C12H14FNO2/c1-7-2-8(4-10(13)3-7)12(16)14-11-5-9(11)6-15/h2-4,9,11,15H,5-6H2,1H3,(H,14,16)/t9-,11+/m0/s1. The van der Waals surface area contributed by atoms with E-state index < -0.39 is 5.82 Å². The van der Waals surface area contributed by atoms with Crippen LogP contribution in [-0.4, -0.2) is 23.7 Å². The molecule has 0 radical (unpaired) electrons. The number of benzene rings is 1. The van der Waals surface area contributed by atoms with Gasteiger partial charge in [0.05, 0.1) is 0 Å². The molecule has 1 fully saturated rings. The van der Waals surface area contributed by atoms with E-state index in [0.29, 0.717) is 5.56 Å². The number of halogens is 1. The molecule has 0 aromatic heterocycles. The summed E-state index contributed by atoms with van der Waals surface area (Å²) in [4.78, 5) is 11.7. The van der Waals surface area contributed by atoms with E-state index in [2.05, 4.69) is 5.32 Å². The van der Waals surface area contributed by atoms with Crippen LogP contribution in [-0.2, 0) is 0 Å². The largest absolute Gasteiger partial charge is 0.396 e. The molecule has 0 heterocycles. The van der Waals surface area contributed by atoms with Crippen molar-refractivity contribution in [3.05, 3.63) is 35.1 Å². The summed E-state index contributed by atoms with van der Waals surface area (Å²) in [5.41, 5.74) is 1.06. The Bertz CT molecular complexity index is 399. The summed E-state index contributed by atoms with van der Waals surface area (Å²) in [5, 5.41) is 11.6. The van der Waals surface area contributed by atoms with Gasteiger partial charge in [0.15, 0.2) is 0 Å². The number of rotatable bonds is 3. The maximum Gasteiger partial charge on any atom is 0.251 e. The highest BCUT2D eigenvalue weighted by Gasteiger charge is 2.37. The first-order valence-electron chi connectivity index (χ1n) is 5.29. The molecule has 2 atom stereocenters. The third kappa shape index (κ3) is 2.39. The summed E-state index contributed by atoms with van der Waals surface area (Å²) >= 11 is 0. The number of hydrogen-bond donors (Lipinski definition) is 2. The van der Waals surface area contributed by atoms with Crippen molar-refractivity contribution in [2.75, 3.05) is 6.61 Å². The third-order valence-corrected chi connectivity index (χ3v) is 2.78. The Kier molecular flexibility index (Phi) is 2.92. The van der Waals surface area contributed by atoms with Gasteiger partial charge < -0.3 is 10.4 Å². The van der Waals surface area contributed by atoms with Crippen LogP contribution in [0.3, 0.4) is 0 Å². The smallest absolute Gasteiger partial charge is 0.251 e. The van der Waals surface area contributed by atoms with Gasteiger partial charge in [-0.05, 0) is 37.1 Å². The van der Waals surface area contributed by atoms with Crippen molar-refractivity contribution in [3.63, 3.8) is 0 Å². The molecule has 1 aliphatic carbocycles. The SMILES string of the molecule is Cc1cc(F)cc(C(=O)N[C@@H]2C[C@H]2CO)c1. The Balaban J connectivity index is 2.04. The predicted molar refractivity (Wildman–Crippen MR) is 57.6 cm³/mol. The van der Waals surface area contributed by atoms with E-state index in [0.717, 1.165) is 12.0 Å². The molecule has 4 heteroatoms. The minimum absolute atomic E-state index is 0.0427. The van der Waals surface area contributed by atoms with Crippen LogP contribution in [0.25, 0.3) is 0 Å². The summed E-state index contributed by atoms with van der Waals surface area (Å²) in [5.74, 6) is -0.512. The first-order valence-corrected chi connectivity index (χ1v) is 5.29. The van der Waals surface area contributed by atoms with E-state index in [9.17, 15) is 9.18 Å². The van der Waals surface area contributed by atoms with Crippen molar-refractivity contribution in [2.45, 2.75) is 19.4 Å². The molecule has 1 amide bonds. The molecule has 86 valence electrons. The number of aliphatic hydroxyl groups excluding tert-OH is 1. The fourth-order valence-electron chi connectivity index (χ4n) is 1.75. The molecular weight excluding hydrogens is 209 g/mol. The van der Waals surface area contributed by atoms with Gasteiger partial charge in [-0.2, -0.15) is 0 Å². The molecule has 3 nitrogen and oxygen atoms in total. The first-order chi connectivity index (χ1) is 7.60. The molecular formula is C12H14FNO2. The van der Waals surface area contributed by atoms with Gasteiger partial charge in [-0.15, -0.1) is 0 Å². The normalized spacial score (nSPS) is 22.9. The average molecular weight is 223 g/mol. The Morgan fingerprint density at radius 3 is 2.88 bits per heavy atom. The molecule has 0 aliphatic heterocycles. The van der Waals surface area contributed by atoms with Crippen LogP contribution in [0.5, 0.6) is 0 Å². The van der Waals surface area contributed by atoms with Crippen molar-refractivity contribution in [2.24, 2.45) is 5.92 Å². The fraction of sp³-hybridized carbons (Fsp3) is 0.417. The van der Waals surface area contributed by atoms with Gasteiger partial charge in [0.2, 0.25) is 0 Å². The van der Waals surface area contributed by atoms with Gasteiger partial charge >= 0.3 is 0 Å². The lowest BCUT2D eigenvalue weighted by molar-refractivity contribution is 0.0947. The van der Waals surface area contributed by atoms with Crippen LogP contribution in [0.2, 0.25) is 0 Å². The molecule has 1 aromatic rings. The third-order valence-electron chi connectivity index (χ3n) is 2.78. The summed E-state index contributed by atoms with van der Waals surface area (Å²) in [6.45, 7) is 1.83. The highest BCUT2D eigenvalue weighted by atomic mass is 19.1. The minimum atomic E-state index is -0.403. The highest BCUT2D eigenvalue weighted by molar-refractivity contribution is 5.94. The monoisotopic (exact) mass is 223 g/mol. The Hall–Kier alpha value is -1.42. The lowest BCUT2D eigenvalue weighted by Crippen LogP contribution is -2.27. The maximum absolute atomic E-state index is 13.1. The lowest BCUT2D eigenvalue weighted by atomic mass is 10.1. The molecule has 0 unspecified atom stereocenters. The van der Waals surface area contributed by atoms with E-state index in [-0.39, 0.29) is 24.5 Å². The van der Waals surface area contributed by atoms with Crippen LogP contribution in [0.15, 0.2) is 18.2 Å². The van der Waals surface area contributed by atoms with Crippen molar-refractivity contribution in [1.82, 2.24) is 5.32 Å². The lowest BCUT2D eigenvalue weighted by Gasteiger charge is -2.05. The van der Waals surface area contributed by atoms with Crippen LogP contribution in [0.1, 0.15) is 22.3 Å².